The quantitative estimate of drug-likeness (QED) is 0.222. The molecule has 0 fully saturated rings. The number of unbranched alkanes of at least 4 members (excludes halogenated alkanes) is 5. The number of carboxylic acids is 1. The van der Waals surface area contributed by atoms with Gasteiger partial charge in [-0.2, -0.15) is 0 Å². The molecule has 6 heteroatoms. The van der Waals surface area contributed by atoms with Gasteiger partial charge in [0, 0.05) is 30.4 Å². The maximum Gasteiger partial charge on any atom is 0.331 e. The van der Waals surface area contributed by atoms with Crippen molar-refractivity contribution >= 4 is 23.8 Å². The van der Waals surface area contributed by atoms with Crippen molar-refractivity contribution in [3.63, 3.8) is 0 Å². The number of amides is 2. The largest absolute Gasteiger partial charge is 0.493 e. The highest BCUT2D eigenvalue weighted by molar-refractivity contribution is 5.93. The Balaban J connectivity index is 2.21. The third kappa shape index (κ3) is 9.12. The number of aliphatic carboxylic acids is 1. The van der Waals surface area contributed by atoms with Gasteiger partial charge in [-0.05, 0) is 55.2 Å². The highest BCUT2D eigenvalue weighted by Crippen LogP contribution is 2.34. The van der Waals surface area contributed by atoms with Gasteiger partial charge in [0.1, 0.15) is 5.75 Å². The van der Waals surface area contributed by atoms with Crippen LogP contribution in [0.2, 0.25) is 0 Å². The number of hydrogen-bond acceptors (Lipinski definition) is 3. The first-order valence-corrected chi connectivity index (χ1v) is 12.7. The number of anilines is 1. The second kappa shape index (κ2) is 14.9. The van der Waals surface area contributed by atoms with E-state index in [1.54, 1.807) is 24.9 Å². The molecule has 0 radical (unpaired) electrons. The van der Waals surface area contributed by atoms with Crippen LogP contribution in [0.15, 0.2) is 48.0 Å². The topological polar surface area (TPSA) is 78.9 Å². The number of rotatable bonds is 14. The molecular formula is C29H40N2O4. The van der Waals surface area contributed by atoms with Crippen molar-refractivity contribution in [2.75, 3.05) is 25.1 Å². The number of nitrogens with one attached hydrogen (secondary N) is 1. The van der Waals surface area contributed by atoms with Crippen molar-refractivity contribution < 1.29 is 19.4 Å². The lowest BCUT2D eigenvalue weighted by Gasteiger charge is -2.20. The van der Waals surface area contributed by atoms with E-state index >= 15 is 0 Å². The normalized spacial score (nSPS) is 11.3. The summed E-state index contributed by atoms with van der Waals surface area (Å²) < 4.78 is 6.09. The zero-order valence-corrected chi connectivity index (χ0v) is 21.6. The van der Waals surface area contributed by atoms with Gasteiger partial charge in [0.2, 0.25) is 0 Å². The number of nitrogens with zero attached hydrogens (tertiary/aromatic N) is 1. The summed E-state index contributed by atoms with van der Waals surface area (Å²) in [5.74, 6) is -0.251. The summed E-state index contributed by atoms with van der Waals surface area (Å²) in [4.78, 5) is 25.5. The fraction of sp³-hybridized carbons (Fsp3) is 0.448. The third-order valence-electron chi connectivity index (χ3n) is 5.89. The Morgan fingerprint density at radius 1 is 1.00 bits per heavy atom. The lowest BCUT2D eigenvalue weighted by Crippen LogP contribution is -2.37. The predicted molar refractivity (Wildman–Crippen MR) is 144 cm³/mol. The van der Waals surface area contributed by atoms with Gasteiger partial charge in [-0.15, -0.1) is 0 Å². The summed E-state index contributed by atoms with van der Waals surface area (Å²) in [5.41, 5.74) is 3.65. The van der Waals surface area contributed by atoms with Crippen LogP contribution in [-0.4, -0.2) is 37.3 Å². The smallest absolute Gasteiger partial charge is 0.331 e. The second-order valence-electron chi connectivity index (χ2n) is 8.85. The van der Waals surface area contributed by atoms with Crippen LogP contribution in [0.4, 0.5) is 10.5 Å². The van der Waals surface area contributed by atoms with Crippen molar-refractivity contribution in [3.8, 4) is 16.9 Å². The van der Waals surface area contributed by atoms with Crippen LogP contribution < -0.4 is 15.0 Å². The van der Waals surface area contributed by atoms with E-state index in [0.29, 0.717) is 18.9 Å². The maximum absolute atomic E-state index is 12.7. The van der Waals surface area contributed by atoms with Crippen LogP contribution in [0.25, 0.3) is 17.2 Å². The molecule has 0 aliphatic rings. The Morgan fingerprint density at radius 2 is 1.74 bits per heavy atom. The fourth-order valence-electron chi connectivity index (χ4n) is 3.67. The Morgan fingerprint density at radius 3 is 2.46 bits per heavy atom. The number of urea groups is 1. The molecule has 0 saturated carbocycles. The standard InChI is InChI=1S/C29H40N2O4/c1-5-7-9-10-11-17-30-29(34)31(4)25-14-12-13-24(21-25)26-16-15-23(19-22(3)28(32)33)20-27(26)35-18-8-6-2/h12-16,19-21H,5-11,17-18H2,1-4H3,(H,30,34)(H,32,33)/b22-19+. The number of carbonyl (C=O) groups is 2. The molecule has 2 rings (SSSR count). The van der Waals surface area contributed by atoms with Crippen LogP contribution in [0.1, 0.15) is 71.3 Å². The molecule has 0 unspecified atom stereocenters. The van der Waals surface area contributed by atoms with Crippen molar-refractivity contribution in [2.45, 2.75) is 65.7 Å². The molecule has 2 aromatic rings. The van der Waals surface area contributed by atoms with Crippen LogP contribution >= 0.6 is 0 Å². The minimum atomic E-state index is -0.947. The summed E-state index contributed by atoms with van der Waals surface area (Å²) in [5, 5.41) is 12.2. The number of carbonyl (C=O) groups excluding carboxylic acids is 1. The lowest BCUT2D eigenvalue weighted by atomic mass is 10.0. The number of hydrogen-bond donors (Lipinski definition) is 2. The van der Waals surface area contributed by atoms with Gasteiger partial charge in [-0.1, -0.05) is 70.2 Å². The average molecular weight is 481 g/mol. The van der Waals surface area contributed by atoms with E-state index < -0.39 is 5.97 Å². The predicted octanol–water partition coefficient (Wildman–Crippen LogP) is 7.14. The molecule has 6 nitrogen and oxygen atoms in total. The molecule has 2 amide bonds. The van der Waals surface area contributed by atoms with Gasteiger partial charge >= 0.3 is 12.0 Å². The SMILES string of the molecule is CCCCCCCNC(=O)N(C)c1cccc(-c2ccc(/C=C(\C)C(=O)O)cc2OCCCC)c1. The molecule has 190 valence electrons. The van der Waals surface area contributed by atoms with E-state index in [1.165, 1.54) is 19.3 Å². The molecule has 0 aromatic heterocycles. The third-order valence-corrected chi connectivity index (χ3v) is 5.89. The van der Waals surface area contributed by atoms with Crippen LogP contribution in [0.5, 0.6) is 5.75 Å². The highest BCUT2D eigenvalue weighted by atomic mass is 16.5. The molecule has 0 spiro atoms. The average Bonchev–Trinajstić information content (AvgIpc) is 2.86. The van der Waals surface area contributed by atoms with E-state index in [1.807, 2.05) is 42.5 Å². The van der Waals surface area contributed by atoms with E-state index in [-0.39, 0.29) is 11.6 Å². The summed E-state index contributed by atoms with van der Waals surface area (Å²) >= 11 is 0. The Hall–Kier alpha value is -3.28. The summed E-state index contributed by atoms with van der Waals surface area (Å²) in [7, 11) is 1.77. The fourth-order valence-corrected chi connectivity index (χ4v) is 3.67. The van der Waals surface area contributed by atoms with Gasteiger partial charge < -0.3 is 15.2 Å². The van der Waals surface area contributed by atoms with Crippen molar-refractivity contribution in [3.05, 3.63) is 53.6 Å². The highest BCUT2D eigenvalue weighted by Gasteiger charge is 2.14. The van der Waals surface area contributed by atoms with E-state index in [2.05, 4.69) is 19.2 Å². The molecule has 2 aromatic carbocycles. The molecular weight excluding hydrogens is 440 g/mol. The molecule has 0 aliphatic heterocycles. The first kappa shape index (κ1) is 28.0. The van der Waals surface area contributed by atoms with Gasteiger partial charge in [0.15, 0.2) is 0 Å². The lowest BCUT2D eigenvalue weighted by molar-refractivity contribution is -0.132. The van der Waals surface area contributed by atoms with Gasteiger partial charge in [0.05, 0.1) is 6.61 Å². The minimum Gasteiger partial charge on any atom is -0.493 e. The van der Waals surface area contributed by atoms with Crippen molar-refractivity contribution in [1.29, 1.82) is 0 Å². The molecule has 0 atom stereocenters. The summed E-state index contributed by atoms with van der Waals surface area (Å²) in [6, 6.07) is 13.4. The molecule has 0 heterocycles. The van der Waals surface area contributed by atoms with Crippen LogP contribution in [0, 0.1) is 0 Å². The zero-order chi connectivity index (χ0) is 25.6. The number of carboxylic acid groups (broad SMARTS) is 1. The zero-order valence-electron chi connectivity index (χ0n) is 21.6. The molecule has 35 heavy (non-hydrogen) atoms. The maximum atomic E-state index is 12.7. The van der Waals surface area contributed by atoms with Gasteiger partial charge in [-0.3, -0.25) is 4.90 Å². The summed E-state index contributed by atoms with van der Waals surface area (Å²) in [6.45, 7) is 7.12. The second-order valence-corrected chi connectivity index (χ2v) is 8.85. The first-order valence-electron chi connectivity index (χ1n) is 12.7. The Labute approximate surface area is 210 Å². The van der Waals surface area contributed by atoms with E-state index in [9.17, 15) is 14.7 Å². The molecule has 0 saturated heterocycles. The van der Waals surface area contributed by atoms with Crippen molar-refractivity contribution in [2.24, 2.45) is 0 Å². The number of ether oxygens (including phenoxy) is 1. The van der Waals surface area contributed by atoms with Gasteiger partial charge in [-0.25, -0.2) is 9.59 Å². The molecule has 0 aliphatic carbocycles. The molecule has 0 bridgehead atoms. The van der Waals surface area contributed by atoms with E-state index in [4.69, 9.17) is 4.74 Å². The van der Waals surface area contributed by atoms with Crippen LogP contribution in [0.3, 0.4) is 0 Å². The minimum absolute atomic E-state index is 0.123. The molecule has 2 N–H and O–H groups in total. The van der Waals surface area contributed by atoms with E-state index in [0.717, 1.165) is 48.1 Å². The first-order chi connectivity index (χ1) is 16.9. The van der Waals surface area contributed by atoms with Crippen LogP contribution in [-0.2, 0) is 4.79 Å². The van der Waals surface area contributed by atoms with Gasteiger partial charge in [0.25, 0.3) is 0 Å². The Kier molecular flexibility index (Phi) is 11.9. The van der Waals surface area contributed by atoms with Crippen molar-refractivity contribution in [1.82, 2.24) is 5.32 Å². The summed E-state index contributed by atoms with van der Waals surface area (Å²) in [6.07, 6.45) is 9.34. The monoisotopic (exact) mass is 480 g/mol. The Bertz CT molecular complexity index is 1000. The number of benzene rings is 2.